The van der Waals surface area contributed by atoms with Gasteiger partial charge in [0.05, 0.1) is 12.0 Å². The molecule has 0 unspecified atom stereocenters. The normalized spacial score (nSPS) is 23.4. The summed E-state index contributed by atoms with van der Waals surface area (Å²) < 4.78 is 0. The number of hydrogen-bond acceptors (Lipinski definition) is 3. The number of hydrogen-bond donors (Lipinski definition) is 2. The standard InChI is InChI=1S/C14H25N3O3/c1-16-7-9-17(10-8-16)13(20)15-14(11-12(18)19)5-3-2-4-6-14/h2-11H2,1H3,(H,15,20)(H,18,19). The molecule has 20 heavy (non-hydrogen) atoms. The minimum absolute atomic E-state index is 0.0342. The van der Waals surface area contributed by atoms with E-state index in [1.54, 1.807) is 4.90 Å². The second-order valence-electron chi connectivity index (χ2n) is 6.13. The van der Waals surface area contributed by atoms with Crippen molar-refractivity contribution in [3.8, 4) is 0 Å². The highest BCUT2D eigenvalue weighted by atomic mass is 16.4. The number of likely N-dealkylation sites (N-methyl/N-ethyl adjacent to an activating group) is 1. The summed E-state index contributed by atoms with van der Waals surface area (Å²) in [5.41, 5.74) is -0.537. The van der Waals surface area contributed by atoms with Crippen LogP contribution in [0, 0.1) is 0 Å². The first-order chi connectivity index (χ1) is 9.51. The van der Waals surface area contributed by atoms with Crippen LogP contribution in [-0.4, -0.2) is 65.7 Å². The third kappa shape index (κ3) is 3.85. The summed E-state index contributed by atoms with van der Waals surface area (Å²) in [6.45, 7) is 3.18. The number of aliphatic carboxylic acids is 1. The molecule has 1 aliphatic heterocycles. The SMILES string of the molecule is CN1CCN(C(=O)NC2(CC(=O)O)CCCCC2)CC1. The Labute approximate surface area is 120 Å². The highest BCUT2D eigenvalue weighted by Gasteiger charge is 2.37. The van der Waals surface area contributed by atoms with Crippen molar-refractivity contribution in [2.75, 3.05) is 33.2 Å². The van der Waals surface area contributed by atoms with Crippen LogP contribution in [0.2, 0.25) is 0 Å². The van der Waals surface area contributed by atoms with Crippen LogP contribution in [-0.2, 0) is 4.79 Å². The maximum atomic E-state index is 12.4. The van der Waals surface area contributed by atoms with Crippen LogP contribution in [0.1, 0.15) is 38.5 Å². The topological polar surface area (TPSA) is 72.9 Å². The third-order valence-corrected chi connectivity index (χ3v) is 4.46. The average molecular weight is 283 g/mol. The summed E-state index contributed by atoms with van der Waals surface area (Å²) in [5.74, 6) is -0.828. The lowest BCUT2D eigenvalue weighted by Gasteiger charge is -2.40. The predicted molar refractivity (Wildman–Crippen MR) is 75.7 cm³/mol. The Balaban J connectivity index is 1.96. The van der Waals surface area contributed by atoms with E-state index in [4.69, 9.17) is 5.11 Å². The summed E-state index contributed by atoms with van der Waals surface area (Å²) in [4.78, 5) is 27.5. The number of nitrogens with zero attached hydrogens (tertiary/aromatic N) is 2. The molecule has 0 aromatic carbocycles. The lowest BCUT2D eigenvalue weighted by atomic mass is 9.79. The molecular weight excluding hydrogens is 258 g/mol. The van der Waals surface area contributed by atoms with Gasteiger partial charge >= 0.3 is 12.0 Å². The van der Waals surface area contributed by atoms with Gasteiger partial charge in [0.2, 0.25) is 0 Å². The monoisotopic (exact) mass is 283 g/mol. The summed E-state index contributed by atoms with van der Waals surface area (Å²) in [7, 11) is 2.04. The van der Waals surface area contributed by atoms with E-state index in [0.717, 1.165) is 45.2 Å². The van der Waals surface area contributed by atoms with Gasteiger partial charge in [-0.25, -0.2) is 4.79 Å². The number of carboxylic acids is 1. The number of carboxylic acid groups (broad SMARTS) is 1. The summed E-state index contributed by atoms with van der Waals surface area (Å²) in [6.07, 6.45) is 4.71. The number of urea groups is 1. The van der Waals surface area contributed by atoms with Crippen molar-refractivity contribution in [2.24, 2.45) is 0 Å². The van der Waals surface area contributed by atoms with Gasteiger partial charge in [0.15, 0.2) is 0 Å². The van der Waals surface area contributed by atoms with Gasteiger partial charge in [-0.1, -0.05) is 19.3 Å². The fourth-order valence-corrected chi connectivity index (χ4v) is 3.18. The number of rotatable bonds is 3. The second kappa shape index (κ2) is 6.43. The number of carbonyl (C=O) groups is 2. The molecule has 1 aliphatic carbocycles. The van der Waals surface area contributed by atoms with E-state index < -0.39 is 11.5 Å². The van der Waals surface area contributed by atoms with Crippen LogP contribution in [0.5, 0.6) is 0 Å². The van der Waals surface area contributed by atoms with E-state index in [1.807, 2.05) is 7.05 Å². The zero-order valence-corrected chi connectivity index (χ0v) is 12.2. The fourth-order valence-electron chi connectivity index (χ4n) is 3.18. The Hall–Kier alpha value is -1.30. The molecule has 0 atom stereocenters. The van der Waals surface area contributed by atoms with E-state index in [0.29, 0.717) is 13.1 Å². The summed E-state index contributed by atoms with van der Waals surface area (Å²) in [6, 6.07) is -0.0961. The average Bonchev–Trinajstić information content (AvgIpc) is 2.39. The number of carbonyl (C=O) groups excluding carboxylic acids is 1. The van der Waals surface area contributed by atoms with Gasteiger partial charge < -0.3 is 20.2 Å². The maximum absolute atomic E-state index is 12.4. The van der Waals surface area contributed by atoms with Crippen LogP contribution in [0.15, 0.2) is 0 Å². The van der Waals surface area contributed by atoms with E-state index in [9.17, 15) is 9.59 Å². The minimum Gasteiger partial charge on any atom is -0.481 e. The van der Waals surface area contributed by atoms with E-state index >= 15 is 0 Å². The van der Waals surface area contributed by atoms with Crippen molar-refractivity contribution in [2.45, 2.75) is 44.1 Å². The van der Waals surface area contributed by atoms with Gasteiger partial charge in [-0.2, -0.15) is 0 Å². The molecule has 114 valence electrons. The van der Waals surface area contributed by atoms with Crippen LogP contribution in [0.4, 0.5) is 4.79 Å². The molecule has 0 bridgehead atoms. The first-order valence-electron chi connectivity index (χ1n) is 7.48. The number of piperazine rings is 1. The zero-order chi connectivity index (χ0) is 14.6. The lowest BCUT2D eigenvalue weighted by Crippen LogP contribution is -2.58. The molecule has 0 aromatic rings. The highest BCUT2D eigenvalue weighted by Crippen LogP contribution is 2.31. The fraction of sp³-hybridized carbons (Fsp3) is 0.857. The van der Waals surface area contributed by atoms with Crippen molar-refractivity contribution >= 4 is 12.0 Å². The quantitative estimate of drug-likeness (QED) is 0.814. The van der Waals surface area contributed by atoms with E-state index in [-0.39, 0.29) is 12.5 Å². The molecule has 6 heteroatoms. The van der Waals surface area contributed by atoms with Crippen molar-refractivity contribution in [1.82, 2.24) is 15.1 Å². The Morgan fingerprint density at radius 3 is 2.25 bits per heavy atom. The van der Waals surface area contributed by atoms with Gasteiger partial charge in [-0.3, -0.25) is 4.79 Å². The molecule has 2 amide bonds. The van der Waals surface area contributed by atoms with E-state index in [2.05, 4.69) is 10.2 Å². The number of nitrogens with one attached hydrogen (secondary N) is 1. The minimum atomic E-state index is -0.828. The van der Waals surface area contributed by atoms with Crippen LogP contribution < -0.4 is 5.32 Å². The Bertz CT molecular complexity index is 359. The Morgan fingerprint density at radius 1 is 1.10 bits per heavy atom. The van der Waals surface area contributed by atoms with Gasteiger partial charge in [-0.05, 0) is 19.9 Å². The first kappa shape index (κ1) is 15.1. The van der Waals surface area contributed by atoms with E-state index in [1.165, 1.54) is 0 Å². The van der Waals surface area contributed by atoms with Gasteiger partial charge in [0, 0.05) is 26.2 Å². The Morgan fingerprint density at radius 2 is 1.70 bits per heavy atom. The largest absolute Gasteiger partial charge is 0.481 e. The molecule has 2 rings (SSSR count). The van der Waals surface area contributed by atoms with Gasteiger partial charge in [0.1, 0.15) is 0 Å². The number of amides is 2. The van der Waals surface area contributed by atoms with Crippen LogP contribution in [0.3, 0.4) is 0 Å². The lowest BCUT2D eigenvalue weighted by molar-refractivity contribution is -0.139. The molecule has 2 N–H and O–H groups in total. The molecule has 2 aliphatic rings. The molecule has 1 saturated carbocycles. The molecular formula is C14H25N3O3. The summed E-state index contributed by atoms with van der Waals surface area (Å²) >= 11 is 0. The van der Waals surface area contributed by atoms with Gasteiger partial charge in [0.25, 0.3) is 0 Å². The molecule has 1 saturated heterocycles. The highest BCUT2D eigenvalue weighted by molar-refractivity contribution is 5.77. The maximum Gasteiger partial charge on any atom is 0.317 e. The first-order valence-corrected chi connectivity index (χ1v) is 7.48. The molecule has 0 aromatic heterocycles. The molecule has 0 radical (unpaired) electrons. The van der Waals surface area contributed by atoms with Crippen LogP contribution in [0.25, 0.3) is 0 Å². The zero-order valence-electron chi connectivity index (χ0n) is 12.2. The van der Waals surface area contributed by atoms with Crippen molar-refractivity contribution in [3.63, 3.8) is 0 Å². The van der Waals surface area contributed by atoms with Crippen LogP contribution >= 0.6 is 0 Å². The molecule has 1 heterocycles. The molecule has 0 spiro atoms. The Kier molecular flexibility index (Phi) is 4.86. The van der Waals surface area contributed by atoms with Crippen molar-refractivity contribution in [1.29, 1.82) is 0 Å². The van der Waals surface area contributed by atoms with Crippen molar-refractivity contribution < 1.29 is 14.7 Å². The third-order valence-electron chi connectivity index (χ3n) is 4.46. The predicted octanol–water partition coefficient (Wildman–Crippen LogP) is 1.12. The molecule has 2 fully saturated rings. The molecule has 6 nitrogen and oxygen atoms in total. The summed E-state index contributed by atoms with van der Waals surface area (Å²) in [5, 5.41) is 12.2. The smallest absolute Gasteiger partial charge is 0.317 e. The van der Waals surface area contributed by atoms with Crippen molar-refractivity contribution in [3.05, 3.63) is 0 Å². The van der Waals surface area contributed by atoms with Gasteiger partial charge in [-0.15, -0.1) is 0 Å². The second-order valence-corrected chi connectivity index (χ2v) is 6.13.